The number of esters is 1. The number of nitrogen functional groups attached to an aromatic ring is 1. The van der Waals surface area contributed by atoms with E-state index in [1.807, 2.05) is 30.3 Å². The SMILES string of the molecule is CCOC(=O)c1ncc2cc(-c3ccccc3)c(-c3ccc(CN4CCC(Nc5ccnc(C#N)n5)CC4)cc3)nc2c1N. The molecule has 220 valence electrons. The molecule has 1 fully saturated rings. The van der Waals surface area contributed by atoms with E-state index >= 15 is 0 Å². The highest BCUT2D eigenvalue weighted by Gasteiger charge is 2.21. The van der Waals surface area contributed by atoms with Crippen LogP contribution in [0.15, 0.2) is 79.1 Å². The van der Waals surface area contributed by atoms with Crippen LogP contribution in [0.1, 0.15) is 41.6 Å². The van der Waals surface area contributed by atoms with Gasteiger partial charge in [-0.1, -0.05) is 54.6 Å². The number of carbonyl (C=O) groups is 1. The first kappa shape index (κ1) is 28.7. The summed E-state index contributed by atoms with van der Waals surface area (Å²) in [6, 6.07) is 24.7. The summed E-state index contributed by atoms with van der Waals surface area (Å²) in [6.45, 7) is 4.73. The first-order valence-electron chi connectivity index (χ1n) is 14.7. The predicted molar refractivity (Wildman–Crippen MR) is 169 cm³/mol. The Morgan fingerprint density at radius 2 is 1.82 bits per heavy atom. The molecule has 3 N–H and O–H groups in total. The highest BCUT2D eigenvalue weighted by Crippen LogP contribution is 2.35. The number of hydrogen-bond donors (Lipinski definition) is 2. The molecule has 5 aromatic rings. The van der Waals surface area contributed by atoms with Gasteiger partial charge in [-0.3, -0.25) is 4.90 Å². The van der Waals surface area contributed by atoms with Gasteiger partial charge in [-0.15, -0.1) is 0 Å². The van der Waals surface area contributed by atoms with Crippen molar-refractivity contribution in [2.45, 2.75) is 32.4 Å². The van der Waals surface area contributed by atoms with E-state index in [2.05, 4.69) is 61.6 Å². The van der Waals surface area contributed by atoms with Crippen LogP contribution in [0.25, 0.3) is 33.3 Å². The zero-order valence-electron chi connectivity index (χ0n) is 24.4. The summed E-state index contributed by atoms with van der Waals surface area (Å²) in [4.78, 5) is 32.4. The number of fused-ring (bicyclic) bond motifs is 1. The Morgan fingerprint density at radius 3 is 2.55 bits per heavy atom. The second-order valence-corrected chi connectivity index (χ2v) is 10.7. The molecule has 2 aromatic carbocycles. The number of hydrogen-bond acceptors (Lipinski definition) is 10. The van der Waals surface area contributed by atoms with Crippen LogP contribution in [0.4, 0.5) is 11.5 Å². The minimum atomic E-state index is -0.561. The molecule has 1 saturated heterocycles. The van der Waals surface area contributed by atoms with Crippen LogP contribution in [0.3, 0.4) is 0 Å². The summed E-state index contributed by atoms with van der Waals surface area (Å²) >= 11 is 0. The van der Waals surface area contributed by atoms with Gasteiger partial charge in [-0.2, -0.15) is 5.26 Å². The van der Waals surface area contributed by atoms with Crippen molar-refractivity contribution in [2.75, 3.05) is 30.7 Å². The molecule has 4 heterocycles. The number of nitrogens with one attached hydrogen (secondary N) is 1. The number of ether oxygens (including phenoxy) is 1. The quantitative estimate of drug-likeness (QED) is 0.226. The first-order chi connectivity index (χ1) is 21.5. The molecule has 0 unspecified atom stereocenters. The van der Waals surface area contributed by atoms with Gasteiger partial charge in [-0.25, -0.2) is 24.7 Å². The smallest absolute Gasteiger partial charge is 0.359 e. The lowest BCUT2D eigenvalue weighted by atomic mass is 9.96. The Hall–Kier alpha value is -5.40. The van der Waals surface area contributed by atoms with Gasteiger partial charge in [0, 0.05) is 54.6 Å². The van der Waals surface area contributed by atoms with Crippen molar-refractivity contribution in [1.29, 1.82) is 5.26 Å². The van der Waals surface area contributed by atoms with E-state index in [0.29, 0.717) is 17.4 Å². The molecule has 0 bridgehead atoms. The predicted octanol–water partition coefficient (Wildman–Crippen LogP) is 5.46. The number of nitrogens with zero attached hydrogens (tertiary/aromatic N) is 6. The summed E-state index contributed by atoms with van der Waals surface area (Å²) in [5, 5.41) is 13.2. The number of rotatable bonds is 8. The minimum absolute atomic E-state index is 0.0727. The summed E-state index contributed by atoms with van der Waals surface area (Å²) in [5.74, 6) is 0.305. The van der Waals surface area contributed by atoms with Gasteiger partial charge >= 0.3 is 5.97 Å². The molecule has 3 aromatic heterocycles. The van der Waals surface area contributed by atoms with Crippen LogP contribution in [0.2, 0.25) is 0 Å². The number of piperidine rings is 1. The Balaban J connectivity index is 1.21. The maximum atomic E-state index is 12.5. The van der Waals surface area contributed by atoms with Crippen molar-refractivity contribution < 1.29 is 9.53 Å². The third-order valence-corrected chi connectivity index (χ3v) is 7.78. The van der Waals surface area contributed by atoms with Gasteiger partial charge in [0.05, 0.1) is 23.5 Å². The summed E-state index contributed by atoms with van der Waals surface area (Å²) in [6.07, 6.45) is 5.20. The Morgan fingerprint density at radius 1 is 1.05 bits per heavy atom. The summed E-state index contributed by atoms with van der Waals surface area (Å²) < 4.78 is 5.15. The third-order valence-electron chi connectivity index (χ3n) is 7.78. The number of aromatic nitrogens is 4. The number of nitriles is 1. The van der Waals surface area contributed by atoms with Gasteiger partial charge in [0.25, 0.3) is 0 Å². The number of benzene rings is 2. The average Bonchev–Trinajstić information content (AvgIpc) is 3.06. The van der Waals surface area contributed by atoms with Crippen LogP contribution >= 0.6 is 0 Å². The normalized spacial score (nSPS) is 13.8. The number of nitrogens with two attached hydrogens (primary N) is 1. The molecule has 0 radical (unpaired) electrons. The number of pyridine rings is 2. The van der Waals surface area contributed by atoms with Crippen LogP contribution in [-0.4, -0.2) is 56.5 Å². The molecule has 6 rings (SSSR count). The zero-order chi connectivity index (χ0) is 30.5. The second kappa shape index (κ2) is 12.9. The minimum Gasteiger partial charge on any atom is -0.461 e. The fraction of sp³-hybridized carbons (Fsp3) is 0.235. The fourth-order valence-corrected chi connectivity index (χ4v) is 5.54. The fourth-order valence-electron chi connectivity index (χ4n) is 5.54. The first-order valence-corrected chi connectivity index (χ1v) is 14.7. The van der Waals surface area contributed by atoms with Gasteiger partial charge < -0.3 is 15.8 Å². The van der Waals surface area contributed by atoms with E-state index in [1.54, 1.807) is 25.4 Å². The van der Waals surface area contributed by atoms with Gasteiger partial charge in [0.1, 0.15) is 11.9 Å². The van der Waals surface area contributed by atoms with Crippen molar-refractivity contribution in [3.8, 4) is 28.5 Å². The molecule has 0 atom stereocenters. The van der Waals surface area contributed by atoms with Crippen molar-refractivity contribution >= 4 is 28.4 Å². The van der Waals surface area contributed by atoms with Crippen molar-refractivity contribution in [3.05, 3.63) is 96.2 Å². The molecule has 10 heteroatoms. The van der Waals surface area contributed by atoms with Crippen LogP contribution < -0.4 is 11.1 Å². The van der Waals surface area contributed by atoms with E-state index in [1.165, 1.54) is 5.56 Å². The Bertz CT molecular complexity index is 1830. The van der Waals surface area contributed by atoms with Gasteiger partial charge in [-0.05, 0) is 43.0 Å². The second-order valence-electron chi connectivity index (χ2n) is 10.7. The molecule has 10 nitrogen and oxygen atoms in total. The topological polar surface area (TPSA) is 143 Å². The highest BCUT2D eigenvalue weighted by molar-refractivity contribution is 6.04. The van der Waals surface area contributed by atoms with E-state index in [9.17, 15) is 4.79 Å². The molecular weight excluding hydrogens is 552 g/mol. The number of anilines is 2. The van der Waals surface area contributed by atoms with Gasteiger partial charge in [0.15, 0.2) is 5.69 Å². The van der Waals surface area contributed by atoms with Crippen LogP contribution in [0.5, 0.6) is 0 Å². The van der Waals surface area contributed by atoms with Crippen molar-refractivity contribution in [3.63, 3.8) is 0 Å². The molecule has 0 spiro atoms. The summed E-state index contributed by atoms with van der Waals surface area (Å²) in [5.41, 5.74) is 12.1. The number of carbonyl (C=O) groups excluding carboxylic acids is 1. The average molecular weight is 585 g/mol. The Kier molecular flexibility index (Phi) is 8.39. The number of likely N-dealkylation sites (tertiary alicyclic amines) is 1. The van der Waals surface area contributed by atoms with Crippen LogP contribution in [-0.2, 0) is 11.3 Å². The molecule has 44 heavy (non-hydrogen) atoms. The molecule has 1 aliphatic heterocycles. The Labute approximate surface area is 255 Å². The standard InChI is InChI=1S/C34H32N8O2/c1-2-44-34(43)33-30(36)32-25(20-38-33)18-27(23-6-4-3-5-7-23)31(41-32)24-10-8-22(9-11-24)21-42-16-13-26(14-17-42)39-28-12-15-37-29(19-35)40-28/h3-12,15,18,20,26H,2,13-14,16-17,21,36H2,1H3,(H,37,39,40). The lowest BCUT2D eigenvalue weighted by Gasteiger charge is -2.32. The maximum absolute atomic E-state index is 12.5. The monoisotopic (exact) mass is 584 g/mol. The van der Waals surface area contributed by atoms with Crippen molar-refractivity contribution in [2.24, 2.45) is 0 Å². The van der Waals surface area contributed by atoms with E-state index in [0.717, 1.165) is 60.2 Å². The highest BCUT2D eigenvalue weighted by atomic mass is 16.5. The maximum Gasteiger partial charge on any atom is 0.359 e. The molecule has 1 aliphatic rings. The largest absolute Gasteiger partial charge is 0.461 e. The third kappa shape index (κ3) is 6.19. The molecule has 0 aliphatic carbocycles. The van der Waals surface area contributed by atoms with E-state index < -0.39 is 5.97 Å². The van der Waals surface area contributed by atoms with Gasteiger partial charge in [0.2, 0.25) is 5.82 Å². The van der Waals surface area contributed by atoms with E-state index in [-0.39, 0.29) is 23.8 Å². The molecule has 0 amide bonds. The van der Waals surface area contributed by atoms with E-state index in [4.69, 9.17) is 20.7 Å². The summed E-state index contributed by atoms with van der Waals surface area (Å²) in [7, 11) is 0. The lowest BCUT2D eigenvalue weighted by molar-refractivity contribution is 0.0521. The van der Waals surface area contributed by atoms with Crippen LogP contribution in [0, 0.1) is 11.3 Å². The molecule has 0 saturated carbocycles. The lowest BCUT2D eigenvalue weighted by Crippen LogP contribution is -2.38. The van der Waals surface area contributed by atoms with Crippen molar-refractivity contribution in [1.82, 2.24) is 24.8 Å². The zero-order valence-corrected chi connectivity index (χ0v) is 24.4. The molecular formula is C34H32N8O2.